The highest BCUT2D eigenvalue weighted by molar-refractivity contribution is 5.87. The van der Waals surface area contributed by atoms with Gasteiger partial charge in [-0.3, -0.25) is 0 Å². The van der Waals surface area contributed by atoms with Gasteiger partial charge in [0.1, 0.15) is 0 Å². The van der Waals surface area contributed by atoms with Gasteiger partial charge < -0.3 is 5.32 Å². The molecule has 11 heavy (non-hydrogen) atoms. The number of hydrogen-bond donors (Lipinski definition) is 2. The highest BCUT2D eigenvalue weighted by Crippen LogP contribution is 2.10. The molecule has 1 aliphatic heterocycles. The van der Waals surface area contributed by atoms with Crippen LogP contribution in [-0.4, -0.2) is 17.3 Å². The first-order chi connectivity index (χ1) is 4.99. The normalized spacial score (nSPS) is 22.8. The Hall–Kier alpha value is -1.06. The first-order valence-electron chi connectivity index (χ1n) is 3.61. The summed E-state index contributed by atoms with van der Waals surface area (Å²) < 4.78 is 0. The fourth-order valence-electron chi connectivity index (χ4n) is 1.20. The van der Waals surface area contributed by atoms with Crippen molar-refractivity contribution in [2.45, 2.75) is 32.7 Å². The lowest BCUT2D eigenvalue weighted by Gasteiger charge is -2.22. The first kappa shape index (κ1) is 8.04. The highest BCUT2D eigenvalue weighted by Gasteiger charge is 2.23. The zero-order chi connectivity index (χ0) is 8.48. The first-order valence-corrected chi connectivity index (χ1v) is 3.61. The van der Waals surface area contributed by atoms with Gasteiger partial charge in [0.15, 0.2) is 0 Å². The number of nitrogens with one attached hydrogen (secondary N) is 2. The quantitative estimate of drug-likeness (QED) is 0.535. The number of carbonyl (C=O) groups excluding carboxylic acids is 1. The SMILES string of the molecule is CC1=NNC(=O)NC(C)(C)C1. The van der Waals surface area contributed by atoms with Gasteiger partial charge in [-0.2, -0.15) is 5.10 Å². The predicted octanol–water partition coefficient (Wildman–Crippen LogP) is 0.844. The molecule has 0 saturated carbocycles. The topological polar surface area (TPSA) is 53.5 Å². The Bertz CT molecular complexity index is 208. The van der Waals surface area contributed by atoms with Crippen molar-refractivity contribution >= 4 is 11.7 Å². The number of urea groups is 1. The van der Waals surface area contributed by atoms with E-state index in [1.807, 2.05) is 20.8 Å². The van der Waals surface area contributed by atoms with E-state index < -0.39 is 0 Å². The Morgan fingerprint density at radius 2 is 2.18 bits per heavy atom. The molecule has 0 atom stereocenters. The lowest BCUT2D eigenvalue weighted by molar-refractivity contribution is 0.233. The zero-order valence-electron chi connectivity index (χ0n) is 7.06. The molecule has 2 amide bonds. The summed E-state index contributed by atoms with van der Waals surface area (Å²) in [6.45, 7) is 5.84. The van der Waals surface area contributed by atoms with Crippen molar-refractivity contribution in [3.8, 4) is 0 Å². The number of hydrogen-bond acceptors (Lipinski definition) is 2. The number of amides is 2. The molecule has 1 rings (SSSR count). The van der Waals surface area contributed by atoms with Gasteiger partial charge >= 0.3 is 6.03 Å². The van der Waals surface area contributed by atoms with Gasteiger partial charge in [-0.1, -0.05) is 0 Å². The van der Waals surface area contributed by atoms with Crippen LogP contribution in [0.5, 0.6) is 0 Å². The molecular weight excluding hydrogens is 142 g/mol. The molecule has 0 unspecified atom stereocenters. The Balaban J connectivity index is 2.76. The highest BCUT2D eigenvalue weighted by atomic mass is 16.2. The lowest BCUT2D eigenvalue weighted by Crippen LogP contribution is -2.45. The minimum atomic E-state index is -0.230. The third kappa shape index (κ3) is 2.22. The number of rotatable bonds is 0. The summed E-state index contributed by atoms with van der Waals surface area (Å²) >= 11 is 0. The minimum absolute atomic E-state index is 0.186. The molecule has 0 aromatic heterocycles. The predicted molar refractivity (Wildman–Crippen MR) is 43.5 cm³/mol. The summed E-state index contributed by atoms with van der Waals surface area (Å²) in [5.74, 6) is 0. The van der Waals surface area contributed by atoms with E-state index in [2.05, 4.69) is 15.8 Å². The number of hydrazone groups is 1. The van der Waals surface area contributed by atoms with Gasteiger partial charge in [-0.05, 0) is 20.8 Å². The Labute approximate surface area is 66.0 Å². The van der Waals surface area contributed by atoms with Crippen molar-refractivity contribution in [2.24, 2.45) is 5.10 Å². The molecule has 4 heteroatoms. The maximum atomic E-state index is 10.9. The third-order valence-corrected chi connectivity index (χ3v) is 1.50. The van der Waals surface area contributed by atoms with E-state index >= 15 is 0 Å². The fourth-order valence-corrected chi connectivity index (χ4v) is 1.20. The molecule has 0 aromatic rings. The van der Waals surface area contributed by atoms with E-state index in [0.717, 1.165) is 12.1 Å². The molecule has 0 spiro atoms. The zero-order valence-corrected chi connectivity index (χ0v) is 7.06. The van der Waals surface area contributed by atoms with Crippen LogP contribution in [0, 0.1) is 0 Å². The molecule has 62 valence electrons. The largest absolute Gasteiger partial charge is 0.335 e. The van der Waals surface area contributed by atoms with Crippen LogP contribution in [0.4, 0.5) is 4.79 Å². The summed E-state index contributed by atoms with van der Waals surface area (Å²) in [6.07, 6.45) is 0.783. The van der Waals surface area contributed by atoms with Crippen LogP contribution in [0.1, 0.15) is 27.2 Å². The molecule has 0 aliphatic carbocycles. The van der Waals surface area contributed by atoms with E-state index in [1.165, 1.54) is 0 Å². The van der Waals surface area contributed by atoms with Crippen LogP contribution in [0.3, 0.4) is 0 Å². The average Bonchev–Trinajstić information content (AvgIpc) is 1.89. The Morgan fingerprint density at radius 1 is 1.55 bits per heavy atom. The second-order valence-electron chi connectivity index (χ2n) is 3.47. The summed E-state index contributed by atoms with van der Waals surface area (Å²) in [6, 6.07) is -0.230. The van der Waals surface area contributed by atoms with E-state index in [9.17, 15) is 4.79 Å². The summed E-state index contributed by atoms with van der Waals surface area (Å²) in [4.78, 5) is 10.9. The monoisotopic (exact) mass is 155 g/mol. The summed E-state index contributed by atoms with van der Waals surface area (Å²) in [5.41, 5.74) is 3.14. The maximum absolute atomic E-state index is 10.9. The van der Waals surface area contributed by atoms with E-state index in [0.29, 0.717) is 0 Å². The molecule has 2 N–H and O–H groups in total. The van der Waals surface area contributed by atoms with Gasteiger partial charge in [-0.15, -0.1) is 0 Å². The number of nitrogens with zero attached hydrogens (tertiary/aromatic N) is 1. The average molecular weight is 155 g/mol. The molecule has 0 radical (unpaired) electrons. The lowest BCUT2D eigenvalue weighted by atomic mass is 9.98. The van der Waals surface area contributed by atoms with E-state index in [1.54, 1.807) is 0 Å². The molecule has 4 nitrogen and oxygen atoms in total. The number of carbonyl (C=O) groups is 1. The molecule has 1 aliphatic rings. The van der Waals surface area contributed by atoms with E-state index in [4.69, 9.17) is 0 Å². The van der Waals surface area contributed by atoms with Crippen LogP contribution in [0.25, 0.3) is 0 Å². The Kier molecular flexibility index (Phi) is 1.85. The van der Waals surface area contributed by atoms with Crippen LogP contribution >= 0.6 is 0 Å². The molecule has 0 aromatic carbocycles. The van der Waals surface area contributed by atoms with Crippen molar-refractivity contribution in [1.29, 1.82) is 0 Å². The second-order valence-corrected chi connectivity index (χ2v) is 3.47. The second kappa shape index (κ2) is 2.53. The summed E-state index contributed by atoms with van der Waals surface area (Å²) in [5, 5.41) is 6.64. The molecule has 0 bridgehead atoms. The molecule has 0 fully saturated rings. The maximum Gasteiger partial charge on any atom is 0.335 e. The van der Waals surface area contributed by atoms with Gasteiger partial charge in [0, 0.05) is 17.7 Å². The molecular formula is C7H13N3O. The van der Waals surface area contributed by atoms with Crippen LogP contribution in [0.2, 0.25) is 0 Å². The van der Waals surface area contributed by atoms with Crippen molar-refractivity contribution < 1.29 is 4.79 Å². The van der Waals surface area contributed by atoms with Gasteiger partial charge in [-0.25, -0.2) is 10.2 Å². The fraction of sp³-hybridized carbons (Fsp3) is 0.714. The van der Waals surface area contributed by atoms with Gasteiger partial charge in [0.05, 0.1) is 0 Å². The van der Waals surface area contributed by atoms with Crippen LogP contribution in [-0.2, 0) is 0 Å². The Morgan fingerprint density at radius 3 is 2.82 bits per heavy atom. The minimum Gasteiger partial charge on any atom is -0.331 e. The smallest absolute Gasteiger partial charge is 0.331 e. The van der Waals surface area contributed by atoms with Crippen LogP contribution in [0.15, 0.2) is 5.10 Å². The van der Waals surface area contributed by atoms with Crippen molar-refractivity contribution in [3.63, 3.8) is 0 Å². The van der Waals surface area contributed by atoms with Gasteiger partial charge in [0.2, 0.25) is 0 Å². The van der Waals surface area contributed by atoms with Gasteiger partial charge in [0.25, 0.3) is 0 Å². The van der Waals surface area contributed by atoms with Crippen LogP contribution < -0.4 is 10.7 Å². The summed E-state index contributed by atoms with van der Waals surface area (Å²) in [7, 11) is 0. The third-order valence-electron chi connectivity index (χ3n) is 1.50. The van der Waals surface area contributed by atoms with Crippen molar-refractivity contribution in [2.75, 3.05) is 0 Å². The van der Waals surface area contributed by atoms with Crippen molar-refractivity contribution in [3.05, 3.63) is 0 Å². The van der Waals surface area contributed by atoms with E-state index in [-0.39, 0.29) is 11.6 Å². The standard InChI is InChI=1S/C7H13N3O/c1-5-4-7(2,3)8-6(11)10-9-5/h4H2,1-3H3,(H2,8,10,11). The molecule has 0 saturated heterocycles. The molecule has 1 heterocycles. The van der Waals surface area contributed by atoms with Crippen molar-refractivity contribution in [1.82, 2.24) is 10.7 Å².